The van der Waals surface area contributed by atoms with Gasteiger partial charge in [-0.1, -0.05) is 18.2 Å². The third kappa shape index (κ3) is 4.92. The van der Waals surface area contributed by atoms with E-state index in [0.717, 1.165) is 0 Å². The molecule has 0 aromatic heterocycles. The molecule has 3 N–H and O–H groups in total. The SMILES string of the molecule is COc1ccc(CNC(=O)NCC(O)c2ccc(F)cc2)cc1F. The molecule has 5 nitrogen and oxygen atoms in total. The predicted octanol–water partition coefficient (Wildman–Crippen LogP) is 2.51. The number of amides is 2. The molecule has 0 fully saturated rings. The van der Waals surface area contributed by atoms with Gasteiger partial charge in [0.1, 0.15) is 5.82 Å². The normalized spacial score (nSPS) is 11.7. The van der Waals surface area contributed by atoms with Crippen molar-refractivity contribution >= 4 is 6.03 Å². The Kier molecular flexibility index (Phi) is 6.08. The summed E-state index contributed by atoms with van der Waals surface area (Å²) in [5, 5.41) is 15.0. The number of aliphatic hydroxyl groups excluding tert-OH is 1. The molecule has 24 heavy (non-hydrogen) atoms. The second-order valence-corrected chi connectivity index (χ2v) is 5.10. The molecule has 0 radical (unpaired) electrons. The highest BCUT2D eigenvalue weighted by atomic mass is 19.1. The first kappa shape index (κ1) is 17.7. The number of benzene rings is 2. The molecule has 0 saturated heterocycles. The number of carbonyl (C=O) groups excluding carboxylic acids is 1. The largest absolute Gasteiger partial charge is 0.494 e. The summed E-state index contributed by atoms with van der Waals surface area (Å²) in [6.07, 6.45) is -0.949. The van der Waals surface area contributed by atoms with Gasteiger partial charge in [0.15, 0.2) is 11.6 Å². The number of rotatable bonds is 6. The van der Waals surface area contributed by atoms with Crippen LogP contribution in [0.5, 0.6) is 5.75 Å². The molecule has 2 aromatic carbocycles. The molecule has 2 rings (SSSR count). The van der Waals surface area contributed by atoms with Crippen LogP contribution in [0.3, 0.4) is 0 Å². The van der Waals surface area contributed by atoms with E-state index in [-0.39, 0.29) is 18.8 Å². The summed E-state index contributed by atoms with van der Waals surface area (Å²) in [6, 6.07) is 9.23. The number of carbonyl (C=O) groups is 1. The first-order valence-electron chi connectivity index (χ1n) is 7.27. The van der Waals surface area contributed by atoms with Gasteiger partial charge < -0.3 is 20.5 Å². The van der Waals surface area contributed by atoms with Crippen LogP contribution < -0.4 is 15.4 Å². The minimum Gasteiger partial charge on any atom is -0.494 e. The summed E-state index contributed by atoms with van der Waals surface area (Å²) in [7, 11) is 1.37. The molecule has 0 spiro atoms. The van der Waals surface area contributed by atoms with Crippen LogP contribution in [0.4, 0.5) is 13.6 Å². The van der Waals surface area contributed by atoms with E-state index in [1.54, 1.807) is 6.07 Å². The summed E-state index contributed by atoms with van der Waals surface area (Å²) < 4.78 is 31.2. The highest BCUT2D eigenvalue weighted by Gasteiger charge is 2.10. The average molecular weight is 336 g/mol. The molecule has 128 valence electrons. The molecule has 0 heterocycles. The standard InChI is InChI=1S/C17H18F2N2O3/c1-24-16-7-2-11(8-14(16)19)9-20-17(23)21-10-15(22)12-3-5-13(18)6-4-12/h2-8,15,22H,9-10H2,1H3,(H2,20,21,23). The number of nitrogens with one attached hydrogen (secondary N) is 2. The van der Waals surface area contributed by atoms with Crippen molar-refractivity contribution in [3.63, 3.8) is 0 Å². The third-order valence-corrected chi connectivity index (χ3v) is 3.38. The number of aliphatic hydroxyl groups is 1. The van der Waals surface area contributed by atoms with E-state index in [2.05, 4.69) is 10.6 Å². The van der Waals surface area contributed by atoms with E-state index >= 15 is 0 Å². The molecular formula is C17H18F2N2O3. The average Bonchev–Trinajstić information content (AvgIpc) is 2.58. The van der Waals surface area contributed by atoms with Gasteiger partial charge >= 0.3 is 6.03 Å². The van der Waals surface area contributed by atoms with Crippen LogP contribution in [-0.2, 0) is 6.54 Å². The van der Waals surface area contributed by atoms with Crippen LogP contribution in [0.15, 0.2) is 42.5 Å². The minimum atomic E-state index is -0.949. The topological polar surface area (TPSA) is 70.6 Å². The summed E-state index contributed by atoms with van der Waals surface area (Å²) >= 11 is 0. The maximum atomic E-state index is 13.5. The van der Waals surface area contributed by atoms with Gasteiger partial charge in [0.25, 0.3) is 0 Å². The molecule has 7 heteroatoms. The van der Waals surface area contributed by atoms with E-state index in [4.69, 9.17) is 4.74 Å². The number of halogens is 2. The lowest BCUT2D eigenvalue weighted by Gasteiger charge is -2.13. The van der Waals surface area contributed by atoms with Crippen LogP contribution in [0.2, 0.25) is 0 Å². The van der Waals surface area contributed by atoms with Crippen LogP contribution in [-0.4, -0.2) is 24.8 Å². The van der Waals surface area contributed by atoms with Crippen molar-refractivity contribution in [3.8, 4) is 5.75 Å². The first-order valence-corrected chi connectivity index (χ1v) is 7.27. The maximum absolute atomic E-state index is 13.5. The van der Waals surface area contributed by atoms with Crippen molar-refractivity contribution in [2.45, 2.75) is 12.6 Å². The van der Waals surface area contributed by atoms with Crippen LogP contribution in [0.25, 0.3) is 0 Å². The first-order chi connectivity index (χ1) is 11.5. The van der Waals surface area contributed by atoms with Crippen LogP contribution in [0.1, 0.15) is 17.2 Å². The molecule has 1 unspecified atom stereocenters. The van der Waals surface area contributed by atoms with Gasteiger partial charge in [-0.3, -0.25) is 0 Å². The Hall–Kier alpha value is -2.67. The Morgan fingerprint density at radius 2 is 1.88 bits per heavy atom. The van der Waals surface area contributed by atoms with Gasteiger partial charge in [0.05, 0.1) is 13.2 Å². The van der Waals surface area contributed by atoms with E-state index in [1.807, 2.05) is 0 Å². The molecule has 0 aliphatic rings. The molecular weight excluding hydrogens is 318 g/mol. The van der Waals surface area contributed by atoms with Gasteiger partial charge in [-0.2, -0.15) is 0 Å². The van der Waals surface area contributed by atoms with Crippen molar-refractivity contribution in [2.75, 3.05) is 13.7 Å². The van der Waals surface area contributed by atoms with E-state index in [1.165, 1.54) is 43.5 Å². The third-order valence-electron chi connectivity index (χ3n) is 3.38. The van der Waals surface area contributed by atoms with Crippen LogP contribution >= 0.6 is 0 Å². The van der Waals surface area contributed by atoms with Crippen molar-refractivity contribution < 1.29 is 23.4 Å². The minimum absolute atomic E-state index is 0.0333. The smallest absolute Gasteiger partial charge is 0.315 e. The Morgan fingerprint density at radius 1 is 1.17 bits per heavy atom. The van der Waals surface area contributed by atoms with Crippen molar-refractivity contribution in [2.24, 2.45) is 0 Å². The van der Waals surface area contributed by atoms with Gasteiger partial charge in [-0.05, 0) is 35.4 Å². The second-order valence-electron chi connectivity index (χ2n) is 5.10. The number of methoxy groups -OCH3 is 1. The molecule has 1 atom stereocenters. The lowest BCUT2D eigenvalue weighted by Crippen LogP contribution is -2.37. The molecule has 0 bridgehead atoms. The monoisotopic (exact) mass is 336 g/mol. The number of ether oxygens (including phenoxy) is 1. The number of urea groups is 1. The molecule has 0 aliphatic carbocycles. The number of hydrogen-bond acceptors (Lipinski definition) is 3. The summed E-state index contributed by atoms with van der Waals surface area (Å²) in [5.74, 6) is -0.780. The highest BCUT2D eigenvalue weighted by molar-refractivity contribution is 5.73. The van der Waals surface area contributed by atoms with Crippen molar-refractivity contribution in [1.82, 2.24) is 10.6 Å². The van der Waals surface area contributed by atoms with Gasteiger partial charge in [-0.15, -0.1) is 0 Å². The zero-order valence-corrected chi connectivity index (χ0v) is 13.1. The van der Waals surface area contributed by atoms with Gasteiger partial charge in [0, 0.05) is 13.1 Å². The summed E-state index contributed by atoms with van der Waals surface area (Å²) in [6.45, 7) is 0.0911. The maximum Gasteiger partial charge on any atom is 0.315 e. The Labute approximate surface area is 138 Å². The fraction of sp³-hybridized carbons (Fsp3) is 0.235. The lowest BCUT2D eigenvalue weighted by atomic mass is 10.1. The fourth-order valence-electron chi connectivity index (χ4n) is 2.06. The highest BCUT2D eigenvalue weighted by Crippen LogP contribution is 2.17. The molecule has 0 saturated carbocycles. The van der Waals surface area contributed by atoms with E-state index < -0.39 is 23.8 Å². The fourth-order valence-corrected chi connectivity index (χ4v) is 2.06. The van der Waals surface area contributed by atoms with E-state index in [9.17, 15) is 18.7 Å². The summed E-state index contributed by atoms with van der Waals surface area (Å²) in [4.78, 5) is 11.7. The van der Waals surface area contributed by atoms with E-state index in [0.29, 0.717) is 11.1 Å². The zero-order valence-electron chi connectivity index (χ0n) is 13.1. The Balaban J connectivity index is 1.79. The van der Waals surface area contributed by atoms with Gasteiger partial charge in [-0.25, -0.2) is 13.6 Å². The predicted molar refractivity (Wildman–Crippen MR) is 84.6 cm³/mol. The Morgan fingerprint density at radius 3 is 2.50 bits per heavy atom. The van der Waals surface area contributed by atoms with Crippen LogP contribution in [0, 0.1) is 11.6 Å². The molecule has 2 amide bonds. The van der Waals surface area contributed by atoms with Crippen molar-refractivity contribution in [3.05, 3.63) is 65.2 Å². The second kappa shape index (κ2) is 8.26. The summed E-state index contributed by atoms with van der Waals surface area (Å²) in [5.41, 5.74) is 1.07. The quantitative estimate of drug-likeness (QED) is 0.759. The lowest BCUT2D eigenvalue weighted by molar-refractivity contribution is 0.173. The molecule has 2 aromatic rings. The molecule has 0 aliphatic heterocycles. The van der Waals surface area contributed by atoms with Gasteiger partial charge in [0.2, 0.25) is 0 Å². The Bertz CT molecular complexity index is 693. The number of hydrogen-bond donors (Lipinski definition) is 3. The van der Waals surface area contributed by atoms with Crippen molar-refractivity contribution in [1.29, 1.82) is 0 Å². The zero-order chi connectivity index (χ0) is 17.5.